The largest absolute Gasteiger partial charge is 0.493 e. The van der Waals surface area contributed by atoms with Crippen LogP contribution in [0.15, 0.2) is 48.4 Å². The van der Waals surface area contributed by atoms with Gasteiger partial charge in [-0.05, 0) is 49.2 Å². The van der Waals surface area contributed by atoms with Crippen LogP contribution in [0.5, 0.6) is 11.5 Å². The number of amides is 2. The van der Waals surface area contributed by atoms with Crippen LogP contribution in [0.4, 0.5) is 0 Å². The van der Waals surface area contributed by atoms with Gasteiger partial charge in [0.25, 0.3) is 11.8 Å². The van der Waals surface area contributed by atoms with E-state index in [1.807, 2.05) is 18.7 Å². The summed E-state index contributed by atoms with van der Waals surface area (Å²) in [5.41, 5.74) is 2.21. The van der Waals surface area contributed by atoms with Crippen molar-refractivity contribution in [3.05, 3.63) is 59.5 Å². The smallest absolute Gasteiger partial charge is 0.278 e. The molecule has 4 rings (SSSR count). The van der Waals surface area contributed by atoms with Gasteiger partial charge in [-0.2, -0.15) is 0 Å². The van der Waals surface area contributed by atoms with Gasteiger partial charge in [0.2, 0.25) is 0 Å². The highest BCUT2D eigenvalue weighted by Gasteiger charge is 2.43. The zero-order valence-corrected chi connectivity index (χ0v) is 18.7. The van der Waals surface area contributed by atoms with E-state index in [4.69, 9.17) is 14.2 Å². The Morgan fingerprint density at radius 3 is 2.25 bits per heavy atom. The molecule has 0 spiro atoms. The molecule has 0 N–H and O–H groups in total. The first-order valence-corrected chi connectivity index (χ1v) is 10.5. The van der Waals surface area contributed by atoms with E-state index < -0.39 is 0 Å². The first-order chi connectivity index (χ1) is 15.4. The summed E-state index contributed by atoms with van der Waals surface area (Å²) in [5, 5.41) is 0. The molecule has 32 heavy (non-hydrogen) atoms. The molecule has 0 radical (unpaired) electrons. The predicted molar refractivity (Wildman–Crippen MR) is 118 cm³/mol. The lowest BCUT2D eigenvalue weighted by atomic mass is 10.0. The fourth-order valence-corrected chi connectivity index (χ4v) is 4.28. The van der Waals surface area contributed by atoms with Crippen molar-refractivity contribution in [1.29, 1.82) is 0 Å². The van der Waals surface area contributed by atoms with E-state index in [0.29, 0.717) is 41.4 Å². The minimum atomic E-state index is -0.333. The molecule has 168 valence electrons. The highest BCUT2D eigenvalue weighted by Crippen LogP contribution is 2.37. The van der Waals surface area contributed by atoms with Crippen LogP contribution < -0.4 is 9.47 Å². The maximum atomic E-state index is 13.6. The SMILES string of the molecule is COc1ccc(C2=C(N3CC(C)OC(C)C3)C(=O)N(Cc3ccncc3)C2=O)cc1OC. The Labute approximate surface area is 187 Å². The van der Waals surface area contributed by atoms with Crippen molar-refractivity contribution in [2.24, 2.45) is 0 Å². The number of hydrogen-bond donors (Lipinski definition) is 0. The van der Waals surface area contributed by atoms with Crippen molar-refractivity contribution in [2.75, 3.05) is 27.3 Å². The Bertz CT molecular complexity index is 1040. The van der Waals surface area contributed by atoms with Crippen LogP contribution in [0.2, 0.25) is 0 Å². The molecule has 8 nitrogen and oxygen atoms in total. The van der Waals surface area contributed by atoms with Gasteiger partial charge in [-0.25, -0.2) is 0 Å². The van der Waals surface area contributed by atoms with Crippen LogP contribution in [-0.2, 0) is 20.9 Å². The molecular formula is C24H27N3O5. The average molecular weight is 437 g/mol. The van der Waals surface area contributed by atoms with Crippen LogP contribution in [0.3, 0.4) is 0 Å². The summed E-state index contributed by atoms with van der Waals surface area (Å²) >= 11 is 0. The van der Waals surface area contributed by atoms with Crippen molar-refractivity contribution >= 4 is 17.4 Å². The zero-order valence-electron chi connectivity index (χ0n) is 18.7. The van der Waals surface area contributed by atoms with E-state index in [1.54, 1.807) is 56.9 Å². The molecule has 2 aliphatic heterocycles. The molecule has 3 heterocycles. The van der Waals surface area contributed by atoms with Gasteiger partial charge >= 0.3 is 0 Å². The average Bonchev–Trinajstić information content (AvgIpc) is 3.03. The first-order valence-electron chi connectivity index (χ1n) is 10.5. The molecule has 2 amide bonds. The van der Waals surface area contributed by atoms with E-state index in [0.717, 1.165) is 5.56 Å². The van der Waals surface area contributed by atoms with Crippen molar-refractivity contribution < 1.29 is 23.8 Å². The second kappa shape index (κ2) is 9.00. The quantitative estimate of drug-likeness (QED) is 0.642. The molecule has 2 aromatic rings. The van der Waals surface area contributed by atoms with Gasteiger partial charge in [-0.15, -0.1) is 0 Å². The number of aromatic nitrogens is 1. The topological polar surface area (TPSA) is 81.2 Å². The second-order valence-corrected chi connectivity index (χ2v) is 8.01. The van der Waals surface area contributed by atoms with E-state index in [1.165, 1.54) is 4.90 Å². The minimum absolute atomic E-state index is 0.0601. The molecule has 0 aliphatic carbocycles. The maximum absolute atomic E-state index is 13.6. The van der Waals surface area contributed by atoms with Crippen molar-refractivity contribution in [3.8, 4) is 11.5 Å². The Kier molecular flexibility index (Phi) is 6.14. The lowest BCUT2D eigenvalue weighted by Crippen LogP contribution is -2.46. The third-order valence-corrected chi connectivity index (χ3v) is 5.64. The predicted octanol–water partition coefficient (Wildman–Crippen LogP) is 2.49. The molecule has 0 saturated carbocycles. The summed E-state index contributed by atoms with van der Waals surface area (Å²) in [6, 6.07) is 8.86. The number of methoxy groups -OCH3 is 2. The summed E-state index contributed by atoms with van der Waals surface area (Å²) in [4.78, 5) is 34.5. The molecule has 1 aromatic heterocycles. The summed E-state index contributed by atoms with van der Waals surface area (Å²) in [6.45, 7) is 5.16. The fraction of sp³-hybridized carbons (Fsp3) is 0.375. The summed E-state index contributed by atoms with van der Waals surface area (Å²) in [6.07, 6.45) is 3.18. The van der Waals surface area contributed by atoms with Gasteiger partial charge in [-0.3, -0.25) is 19.5 Å². The van der Waals surface area contributed by atoms with Gasteiger partial charge < -0.3 is 19.1 Å². The van der Waals surface area contributed by atoms with E-state index in [2.05, 4.69) is 4.98 Å². The van der Waals surface area contributed by atoms with Gasteiger partial charge in [0.1, 0.15) is 5.70 Å². The van der Waals surface area contributed by atoms with E-state index in [9.17, 15) is 9.59 Å². The van der Waals surface area contributed by atoms with Crippen LogP contribution >= 0.6 is 0 Å². The summed E-state index contributed by atoms with van der Waals surface area (Å²) in [7, 11) is 3.10. The number of rotatable bonds is 6. The van der Waals surface area contributed by atoms with Crippen LogP contribution in [0.25, 0.3) is 5.57 Å². The molecule has 1 saturated heterocycles. The van der Waals surface area contributed by atoms with E-state index in [-0.39, 0.29) is 30.6 Å². The van der Waals surface area contributed by atoms with Gasteiger partial charge in [-0.1, -0.05) is 6.07 Å². The van der Waals surface area contributed by atoms with Gasteiger partial charge in [0, 0.05) is 25.5 Å². The summed E-state index contributed by atoms with van der Waals surface area (Å²) < 4.78 is 16.6. The Morgan fingerprint density at radius 2 is 1.62 bits per heavy atom. The molecule has 2 unspecified atom stereocenters. The molecule has 2 atom stereocenters. The molecule has 2 aliphatic rings. The maximum Gasteiger partial charge on any atom is 0.278 e. The number of ether oxygens (including phenoxy) is 3. The number of carbonyl (C=O) groups excluding carboxylic acids is 2. The summed E-state index contributed by atoms with van der Waals surface area (Å²) in [5.74, 6) is 0.407. The fourth-order valence-electron chi connectivity index (χ4n) is 4.28. The lowest BCUT2D eigenvalue weighted by Gasteiger charge is -2.37. The third-order valence-electron chi connectivity index (χ3n) is 5.64. The standard InChI is InChI=1S/C24H27N3O5/c1-15-12-26(13-16(2)32-15)22-21(18-5-6-19(30-3)20(11-18)31-4)23(28)27(24(22)29)14-17-7-9-25-10-8-17/h5-11,15-16H,12-14H2,1-4H3. The molecule has 1 aromatic carbocycles. The van der Waals surface area contributed by atoms with Crippen LogP contribution in [-0.4, -0.2) is 66.1 Å². The Morgan fingerprint density at radius 1 is 0.969 bits per heavy atom. The number of benzene rings is 1. The monoisotopic (exact) mass is 437 g/mol. The van der Waals surface area contributed by atoms with E-state index >= 15 is 0 Å². The normalized spacial score (nSPS) is 21.4. The molecule has 8 heteroatoms. The third kappa shape index (κ3) is 4.05. The number of pyridine rings is 1. The van der Waals surface area contributed by atoms with Crippen LogP contribution in [0, 0.1) is 0 Å². The molecule has 1 fully saturated rings. The van der Waals surface area contributed by atoms with Crippen molar-refractivity contribution in [3.63, 3.8) is 0 Å². The number of hydrogen-bond acceptors (Lipinski definition) is 7. The molecule has 0 bridgehead atoms. The number of nitrogens with zero attached hydrogens (tertiary/aromatic N) is 3. The number of morpholine rings is 1. The van der Waals surface area contributed by atoms with Crippen molar-refractivity contribution in [1.82, 2.24) is 14.8 Å². The second-order valence-electron chi connectivity index (χ2n) is 8.01. The van der Waals surface area contributed by atoms with Gasteiger partial charge in [0.15, 0.2) is 11.5 Å². The Hall–Kier alpha value is -3.39. The minimum Gasteiger partial charge on any atom is -0.493 e. The first kappa shape index (κ1) is 21.8. The van der Waals surface area contributed by atoms with Crippen LogP contribution in [0.1, 0.15) is 25.0 Å². The molecular weight excluding hydrogens is 410 g/mol. The highest BCUT2D eigenvalue weighted by molar-refractivity contribution is 6.35. The Balaban J connectivity index is 1.79. The van der Waals surface area contributed by atoms with Crippen molar-refractivity contribution in [2.45, 2.75) is 32.6 Å². The lowest BCUT2D eigenvalue weighted by molar-refractivity contribution is -0.139. The van der Waals surface area contributed by atoms with Gasteiger partial charge in [0.05, 0.1) is 38.5 Å². The highest BCUT2D eigenvalue weighted by atomic mass is 16.5. The number of imide groups is 1. The zero-order chi connectivity index (χ0) is 22.8. The number of carbonyl (C=O) groups is 2.